The molecule has 0 bridgehead atoms. The Labute approximate surface area is 155 Å². The third-order valence-electron chi connectivity index (χ3n) is 3.41. The summed E-state index contributed by atoms with van der Waals surface area (Å²) < 4.78 is 0. The normalized spacial score (nSPS) is 11.4. The number of aryl methyl sites for hydroxylation is 1. The summed E-state index contributed by atoms with van der Waals surface area (Å²) in [6, 6.07) is 8.36. The number of hydrogen-bond acceptors (Lipinski definition) is 4. The van der Waals surface area contributed by atoms with Crippen LogP contribution in [0.1, 0.15) is 33.3 Å². The van der Waals surface area contributed by atoms with Crippen molar-refractivity contribution in [2.45, 2.75) is 45.1 Å². The van der Waals surface area contributed by atoms with Gasteiger partial charge in [0, 0.05) is 22.7 Å². The summed E-state index contributed by atoms with van der Waals surface area (Å²) in [6.07, 6.45) is 0. The molecule has 2 N–H and O–H groups in total. The first kappa shape index (κ1) is 21.5. The first-order valence-electron chi connectivity index (χ1n) is 8.69. The maximum absolute atomic E-state index is 12.0. The molecule has 0 fully saturated rings. The van der Waals surface area contributed by atoms with E-state index < -0.39 is 0 Å². The molecule has 0 aliphatic rings. The monoisotopic (exact) mass is 365 g/mol. The quantitative estimate of drug-likeness (QED) is 0.521. The van der Waals surface area contributed by atoms with Crippen LogP contribution < -0.4 is 10.6 Å². The molecule has 140 valence electrons. The second-order valence-corrected chi connectivity index (χ2v) is 8.28. The van der Waals surface area contributed by atoms with Crippen molar-refractivity contribution in [1.29, 1.82) is 0 Å². The van der Waals surface area contributed by atoms with Gasteiger partial charge in [-0.25, -0.2) is 0 Å². The number of thioether (sulfide) groups is 1. The van der Waals surface area contributed by atoms with Gasteiger partial charge in [-0.05, 0) is 46.4 Å². The van der Waals surface area contributed by atoms with Crippen molar-refractivity contribution in [1.82, 2.24) is 15.5 Å². The molecule has 2 amide bonds. The van der Waals surface area contributed by atoms with Crippen LogP contribution in [0.2, 0.25) is 0 Å². The summed E-state index contributed by atoms with van der Waals surface area (Å²) in [5.41, 5.74) is 0.985. The highest BCUT2D eigenvalue weighted by Gasteiger charge is 2.17. The highest BCUT2D eigenvalue weighted by Crippen LogP contribution is 2.17. The SMILES string of the molecule is CCN(CC(=O)NCCSc1ccc(C)cc1)CC(=O)NC(C)(C)C. The van der Waals surface area contributed by atoms with Crippen LogP contribution in [0.5, 0.6) is 0 Å². The van der Waals surface area contributed by atoms with Gasteiger partial charge >= 0.3 is 0 Å². The summed E-state index contributed by atoms with van der Waals surface area (Å²) >= 11 is 1.72. The fourth-order valence-electron chi connectivity index (χ4n) is 2.19. The molecule has 25 heavy (non-hydrogen) atoms. The molecule has 0 atom stereocenters. The Morgan fingerprint density at radius 2 is 1.68 bits per heavy atom. The van der Waals surface area contributed by atoms with Crippen molar-refractivity contribution < 1.29 is 9.59 Å². The maximum atomic E-state index is 12.0. The zero-order valence-corrected chi connectivity index (χ0v) is 16.8. The topological polar surface area (TPSA) is 61.4 Å². The Morgan fingerprint density at radius 3 is 2.24 bits per heavy atom. The number of benzene rings is 1. The van der Waals surface area contributed by atoms with Crippen LogP contribution in [-0.2, 0) is 9.59 Å². The number of amides is 2. The summed E-state index contributed by atoms with van der Waals surface area (Å²) in [7, 11) is 0. The van der Waals surface area contributed by atoms with Gasteiger partial charge in [0.15, 0.2) is 0 Å². The van der Waals surface area contributed by atoms with Gasteiger partial charge in [-0.3, -0.25) is 14.5 Å². The Balaban J connectivity index is 2.26. The van der Waals surface area contributed by atoms with Crippen molar-refractivity contribution in [3.05, 3.63) is 29.8 Å². The van der Waals surface area contributed by atoms with Gasteiger partial charge in [-0.15, -0.1) is 11.8 Å². The third kappa shape index (κ3) is 10.1. The van der Waals surface area contributed by atoms with Crippen LogP contribution in [0.4, 0.5) is 0 Å². The fraction of sp³-hybridized carbons (Fsp3) is 0.579. The lowest BCUT2D eigenvalue weighted by Crippen LogP contribution is -2.48. The predicted molar refractivity (Wildman–Crippen MR) is 105 cm³/mol. The number of carbonyl (C=O) groups excluding carboxylic acids is 2. The average molecular weight is 366 g/mol. The highest BCUT2D eigenvalue weighted by atomic mass is 32.2. The summed E-state index contributed by atoms with van der Waals surface area (Å²) in [5.74, 6) is 0.720. The largest absolute Gasteiger partial charge is 0.354 e. The number of rotatable bonds is 9. The van der Waals surface area contributed by atoms with E-state index in [-0.39, 0.29) is 30.4 Å². The molecule has 0 aliphatic carbocycles. The minimum atomic E-state index is -0.258. The molecule has 0 spiro atoms. The van der Waals surface area contributed by atoms with Crippen LogP contribution in [-0.4, -0.2) is 54.2 Å². The van der Waals surface area contributed by atoms with E-state index in [0.717, 1.165) is 5.75 Å². The van der Waals surface area contributed by atoms with Crippen molar-refractivity contribution in [3.8, 4) is 0 Å². The molecule has 1 rings (SSSR count). The van der Waals surface area contributed by atoms with Crippen molar-refractivity contribution in [2.24, 2.45) is 0 Å². The van der Waals surface area contributed by atoms with E-state index in [2.05, 4.69) is 41.8 Å². The van der Waals surface area contributed by atoms with E-state index >= 15 is 0 Å². The molecule has 0 saturated carbocycles. The van der Waals surface area contributed by atoms with Crippen molar-refractivity contribution >= 4 is 23.6 Å². The van der Waals surface area contributed by atoms with Crippen LogP contribution in [0.15, 0.2) is 29.2 Å². The van der Waals surface area contributed by atoms with Gasteiger partial charge in [0.25, 0.3) is 0 Å². The Kier molecular flexibility index (Phi) is 9.00. The molecular weight excluding hydrogens is 334 g/mol. The Hall–Kier alpha value is -1.53. The molecular formula is C19H31N3O2S. The van der Waals surface area contributed by atoms with E-state index in [1.165, 1.54) is 10.5 Å². The van der Waals surface area contributed by atoms with E-state index in [9.17, 15) is 9.59 Å². The molecule has 1 aromatic rings. The molecule has 0 heterocycles. The molecule has 0 aliphatic heterocycles. The van der Waals surface area contributed by atoms with E-state index in [1.807, 2.05) is 32.6 Å². The second-order valence-electron chi connectivity index (χ2n) is 7.11. The standard InChI is InChI=1S/C19H31N3O2S/c1-6-22(14-18(24)21-19(3,4)5)13-17(23)20-11-12-25-16-9-7-15(2)8-10-16/h7-10H,6,11-14H2,1-5H3,(H,20,23)(H,21,24). The van der Waals surface area contributed by atoms with Crippen LogP contribution in [0.25, 0.3) is 0 Å². The lowest BCUT2D eigenvalue weighted by Gasteiger charge is -2.24. The number of nitrogens with one attached hydrogen (secondary N) is 2. The van der Waals surface area contributed by atoms with Gasteiger partial charge in [0.1, 0.15) is 0 Å². The summed E-state index contributed by atoms with van der Waals surface area (Å²) in [6.45, 7) is 11.6. The molecule has 0 aromatic heterocycles. The first-order valence-corrected chi connectivity index (χ1v) is 9.67. The Bertz CT molecular complexity index is 553. The number of likely N-dealkylation sites (N-methyl/N-ethyl adjacent to an activating group) is 1. The minimum absolute atomic E-state index is 0.0464. The minimum Gasteiger partial charge on any atom is -0.354 e. The molecule has 0 unspecified atom stereocenters. The highest BCUT2D eigenvalue weighted by molar-refractivity contribution is 7.99. The molecule has 5 nitrogen and oxygen atoms in total. The van der Waals surface area contributed by atoms with Crippen molar-refractivity contribution in [3.63, 3.8) is 0 Å². The number of carbonyl (C=O) groups is 2. The molecule has 0 radical (unpaired) electrons. The van der Waals surface area contributed by atoms with E-state index in [0.29, 0.717) is 13.1 Å². The Morgan fingerprint density at radius 1 is 1.08 bits per heavy atom. The van der Waals surface area contributed by atoms with Gasteiger partial charge in [-0.2, -0.15) is 0 Å². The van der Waals surface area contributed by atoms with Gasteiger partial charge in [0.05, 0.1) is 13.1 Å². The van der Waals surface area contributed by atoms with Crippen molar-refractivity contribution in [2.75, 3.05) is 31.9 Å². The second kappa shape index (κ2) is 10.5. The number of nitrogens with zero attached hydrogens (tertiary/aromatic N) is 1. The maximum Gasteiger partial charge on any atom is 0.234 e. The van der Waals surface area contributed by atoms with E-state index in [4.69, 9.17) is 0 Å². The zero-order chi connectivity index (χ0) is 18.9. The third-order valence-corrected chi connectivity index (χ3v) is 4.42. The molecule has 6 heteroatoms. The predicted octanol–water partition coefficient (Wildman–Crippen LogP) is 2.44. The average Bonchev–Trinajstić information content (AvgIpc) is 2.50. The van der Waals surface area contributed by atoms with Crippen LogP contribution in [0, 0.1) is 6.92 Å². The van der Waals surface area contributed by atoms with Gasteiger partial charge in [-0.1, -0.05) is 24.6 Å². The first-order chi connectivity index (χ1) is 11.7. The lowest BCUT2D eigenvalue weighted by molar-refractivity contribution is -0.125. The fourth-order valence-corrected chi connectivity index (χ4v) is 2.96. The lowest BCUT2D eigenvalue weighted by atomic mass is 10.1. The summed E-state index contributed by atoms with van der Waals surface area (Å²) in [5, 5.41) is 5.83. The van der Waals surface area contributed by atoms with Gasteiger partial charge < -0.3 is 10.6 Å². The van der Waals surface area contributed by atoms with Crippen LogP contribution >= 0.6 is 11.8 Å². The number of hydrogen-bond donors (Lipinski definition) is 2. The molecule has 0 saturated heterocycles. The van der Waals surface area contributed by atoms with Gasteiger partial charge in [0.2, 0.25) is 11.8 Å². The smallest absolute Gasteiger partial charge is 0.234 e. The zero-order valence-electron chi connectivity index (χ0n) is 16.0. The summed E-state index contributed by atoms with van der Waals surface area (Å²) in [4.78, 5) is 27.0. The van der Waals surface area contributed by atoms with Crippen LogP contribution in [0.3, 0.4) is 0 Å². The van der Waals surface area contributed by atoms with E-state index in [1.54, 1.807) is 11.8 Å². The molecule has 1 aromatic carbocycles.